The van der Waals surface area contributed by atoms with Gasteiger partial charge in [0.1, 0.15) is 0 Å². The monoisotopic (exact) mass is 289 g/mol. The van der Waals surface area contributed by atoms with E-state index in [1.54, 1.807) is 0 Å². The molecule has 1 aliphatic carbocycles. The lowest BCUT2D eigenvalue weighted by atomic mass is 9.71. The number of aryl methyl sites for hydroxylation is 1. The van der Waals surface area contributed by atoms with Crippen molar-refractivity contribution in [1.82, 2.24) is 0 Å². The number of fused-ring (bicyclic) bond motifs is 1. The molecule has 4 rings (SSSR count). The van der Waals surface area contributed by atoms with Gasteiger partial charge in [0.2, 0.25) is 0 Å². The Morgan fingerprint density at radius 2 is 2.15 bits per heavy atom. The summed E-state index contributed by atoms with van der Waals surface area (Å²) in [6, 6.07) is 8.80. The van der Waals surface area contributed by atoms with Gasteiger partial charge in [0.15, 0.2) is 0 Å². The second kappa shape index (κ2) is 4.75. The van der Waals surface area contributed by atoms with Crippen molar-refractivity contribution in [3.05, 3.63) is 35.4 Å². The third kappa shape index (κ3) is 1.94. The first-order valence-electron chi connectivity index (χ1n) is 7.81. The standard InChI is InChI=1S/C17H23NOS/c18-17(7-5-13-3-1-2-4-15(13)17)14-6-9-19-16(11-14)8-10-20-12-16/h1-4,14H,5-12,18H2. The molecule has 2 fully saturated rings. The van der Waals surface area contributed by atoms with Crippen LogP contribution < -0.4 is 5.73 Å². The summed E-state index contributed by atoms with van der Waals surface area (Å²) < 4.78 is 6.17. The summed E-state index contributed by atoms with van der Waals surface area (Å²) in [6.07, 6.45) is 5.75. The first-order chi connectivity index (χ1) is 9.72. The predicted octanol–water partition coefficient (Wildman–Crippen LogP) is 3.09. The molecule has 20 heavy (non-hydrogen) atoms. The molecule has 3 unspecified atom stereocenters. The molecule has 1 aromatic rings. The zero-order valence-corrected chi connectivity index (χ0v) is 12.8. The third-order valence-electron chi connectivity index (χ3n) is 5.62. The molecule has 3 atom stereocenters. The zero-order chi connectivity index (χ0) is 13.6. The average molecular weight is 289 g/mol. The first-order valence-corrected chi connectivity index (χ1v) is 8.96. The topological polar surface area (TPSA) is 35.2 Å². The van der Waals surface area contributed by atoms with Gasteiger partial charge in [-0.2, -0.15) is 11.8 Å². The Labute approximate surface area is 125 Å². The minimum atomic E-state index is -0.110. The SMILES string of the molecule is NC1(C2CCOC3(CCSC3)C2)CCc2ccccc21. The number of rotatable bonds is 1. The van der Waals surface area contributed by atoms with Crippen molar-refractivity contribution < 1.29 is 4.74 Å². The molecule has 2 N–H and O–H groups in total. The molecule has 0 bridgehead atoms. The Bertz CT molecular complexity index is 511. The van der Waals surface area contributed by atoms with Gasteiger partial charge in [-0.15, -0.1) is 0 Å². The minimum absolute atomic E-state index is 0.110. The fraction of sp³-hybridized carbons (Fsp3) is 0.647. The molecule has 2 aliphatic heterocycles. The van der Waals surface area contributed by atoms with Crippen LogP contribution in [0.4, 0.5) is 0 Å². The number of benzene rings is 1. The van der Waals surface area contributed by atoms with Crippen molar-refractivity contribution in [3.63, 3.8) is 0 Å². The van der Waals surface area contributed by atoms with Gasteiger partial charge in [0.25, 0.3) is 0 Å². The largest absolute Gasteiger partial charge is 0.374 e. The summed E-state index contributed by atoms with van der Waals surface area (Å²) in [5.41, 5.74) is 9.84. The highest BCUT2D eigenvalue weighted by Crippen LogP contribution is 2.49. The van der Waals surface area contributed by atoms with Gasteiger partial charge >= 0.3 is 0 Å². The zero-order valence-electron chi connectivity index (χ0n) is 11.9. The van der Waals surface area contributed by atoms with Crippen LogP contribution in [0.3, 0.4) is 0 Å². The van der Waals surface area contributed by atoms with Crippen LogP contribution in [0, 0.1) is 5.92 Å². The van der Waals surface area contributed by atoms with Gasteiger partial charge in [-0.05, 0) is 54.9 Å². The van der Waals surface area contributed by atoms with Crippen molar-refractivity contribution in [2.45, 2.75) is 43.2 Å². The summed E-state index contributed by atoms with van der Waals surface area (Å²) in [4.78, 5) is 0. The van der Waals surface area contributed by atoms with Crippen molar-refractivity contribution >= 4 is 11.8 Å². The Balaban J connectivity index is 1.64. The highest BCUT2D eigenvalue weighted by Gasteiger charge is 2.49. The quantitative estimate of drug-likeness (QED) is 0.863. The summed E-state index contributed by atoms with van der Waals surface area (Å²) in [5.74, 6) is 3.00. The maximum absolute atomic E-state index is 6.93. The summed E-state index contributed by atoms with van der Waals surface area (Å²) in [7, 11) is 0. The number of hydrogen-bond donors (Lipinski definition) is 1. The highest BCUT2D eigenvalue weighted by molar-refractivity contribution is 7.99. The van der Waals surface area contributed by atoms with Crippen molar-refractivity contribution in [1.29, 1.82) is 0 Å². The lowest BCUT2D eigenvalue weighted by molar-refractivity contribution is -0.0932. The van der Waals surface area contributed by atoms with Gasteiger partial charge in [-0.25, -0.2) is 0 Å². The Morgan fingerprint density at radius 3 is 3.00 bits per heavy atom. The van der Waals surface area contributed by atoms with Crippen LogP contribution in [0.15, 0.2) is 24.3 Å². The molecule has 3 heteroatoms. The van der Waals surface area contributed by atoms with E-state index < -0.39 is 0 Å². The highest BCUT2D eigenvalue weighted by atomic mass is 32.2. The van der Waals surface area contributed by atoms with Crippen LogP contribution >= 0.6 is 11.8 Å². The molecule has 1 spiro atoms. The Morgan fingerprint density at radius 1 is 1.25 bits per heavy atom. The smallest absolute Gasteiger partial charge is 0.0783 e. The number of nitrogens with two attached hydrogens (primary N) is 1. The Kier molecular flexibility index (Phi) is 3.13. The molecule has 1 aromatic carbocycles. The predicted molar refractivity (Wildman–Crippen MR) is 84.0 cm³/mol. The van der Waals surface area contributed by atoms with Gasteiger partial charge in [-0.1, -0.05) is 24.3 Å². The minimum Gasteiger partial charge on any atom is -0.374 e. The second-order valence-corrected chi connectivity index (χ2v) is 7.83. The van der Waals surface area contributed by atoms with Crippen LogP contribution in [-0.4, -0.2) is 23.7 Å². The van der Waals surface area contributed by atoms with E-state index >= 15 is 0 Å². The van der Waals surface area contributed by atoms with Crippen molar-refractivity contribution in [2.75, 3.05) is 18.1 Å². The average Bonchev–Trinajstić information content (AvgIpc) is 3.06. The van der Waals surface area contributed by atoms with Gasteiger partial charge in [0.05, 0.1) is 5.60 Å². The fourth-order valence-corrected chi connectivity index (χ4v) is 5.80. The molecule has 2 saturated heterocycles. The molecule has 0 radical (unpaired) electrons. The number of hydrogen-bond acceptors (Lipinski definition) is 3. The van der Waals surface area contributed by atoms with E-state index in [0.29, 0.717) is 5.92 Å². The van der Waals surface area contributed by atoms with E-state index in [0.717, 1.165) is 32.3 Å². The van der Waals surface area contributed by atoms with Crippen molar-refractivity contribution in [3.8, 4) is 0 Å². The number of thioether (sulfide) groups is 1. The summed E-state index contributed by atoms with van der Waals surface area (Å²) in [5, 5.41) is 0. The molecule has 2 heterocycles. The second-order valence-electron chi connectivity index (χ2n) is 6.72. The third-order valence-corrected chi connectivity index (χ3v) is 6.84. The maximum Gasteiger partial charge on any atom is 0.0783 e. The first kappa shape index (κ1) is 13.2. The van der Waals surface area contributed by atoms with E-state index in [2.05, 4.69) is 24.3 Å². The number of ether oxygens (including phenoxy) is 1. The van der Waals surface area contributed by atoms with E-state index in [1.165, 1.54) is 29.1 Å². The van der Waals surface area contributed by atoms with Crippen LogP contribution in [0.25, 0.3) is 0 Å². The maximum atomic E-state index is 6.93. The molecular weight excluding hydrogens is 266 g/mol. The van der Waals surface area contributed by atoms with Crippen LogP contribution in [0.2, 0.25) is 0 Å². The normalized spacial score (nSPS) is 40.1. The van der Waals surface area contributed by atoms with Crippen LogP contribution in [0.5, 0.6) is 0 Å². The van der Waals surface area contributed by atoms with E-state index in [-0.39, 0.29) is 11.1 Å². The molecule has 0 aromatic heterocycles. The summed E-state index contributed by atoms with van der Waals surface area (Å²) >= 11 is 2.04. The van der Waals surface area contributed by atoms with Gasteiger partial charge < -0.3 is 10.5 Å². The lowest BCUT2D eigenvalue weighted by Gasteiger charge is -2.45. The Hall–Kier alpha value is -0.510. The molecule has 0 amide bonds. The molecule has 2 nitrogen and oxygen atoms in total. The van der Waals surface area contributed by atoms with E-state index in [4.69, 9.17) is 10.5 Å². The lowest BCUT2D eigenvalue weighted by Crippen LogP contribution is -2.50. The van der Waals surface area contributed by atoms with E-state index in [9.17, 15) is 0 Å². The van der Waals surface area contributed by atoms with E-state index in [1.807, 2.05) is 11.8 Å². The van der Waals surface area contributed by atoms with Gasteiger partial charge in [0, 0.05) is 17.9 Å². The molecule has 108 valence electrons. The fourth-order valence-electron chi connectivity index (χ4n) is 4.42. The molecule has 0 saturated carbocycles. The van der Waals surface area contributed by atoms with Gasteiger partial charge in [-0.3, -0.25) is 0 Å². The van der Waals surface area contributed by atoms with Crippen LogP contribution in [0.1, 0.15) is 36.8 Å². The molecular formula is C17H23NOS. The summed E-state index contributed by atoms with van der Waals surface area (Å²) in [6.45, 7) is 0.895. The molecule has 3 aliphatic rings. The van der Waals surface area contributed by atoms with Crippen molar-refractivity contribution in [2.24, 2.45) is 11.7 Å². The van der Waals surface area contributed by atoms with Crippen LogP contribution in [-0.2, 0) is 16.7 Å².